The molecule has 0 aromatic heterocycles. The first-order chi connectivity index (χ1) is 8.14. The monoisotopic (exact) mass is 299 g/mol. The second-order valence-electron chi connectivity index (χ2n) is 4.79. The Hall–Kier alpha value is -0.380. The third-order valence-electron chi connectivity index (χ3n) is 2.68. The van der Waals surface area contributed by atoms with Gasteiger partial charge in [0.25, 0.3) is 0 Å². The lowest BCUT2D eigenvalue weighted by molar-refractivity contribution is 0.117. The fraction of sp³-hybridized carbons (Fsp3) is 0.571. The molecule has 0 spiro atoms. The number of ether oxygens (including phenoxy) is 1. The van der Waals surface area contributed by atoms with Gasteiger partial charge in [-0.25, -0.2) is 0 Å². The smallest absolute Gasteiger partial charge is 0.0717 e. The third kappa shape index (κ3) is 6.81. The molecule has 0 bridgehead atoms. The van der Waals surface area contributed by atoms with E-state index < -0.39 is 0 Å². The largest absolute Gasteiger partial charge is 0.375 e. The molecule has 0 aliphatic rings. The van der Waals surface area contributed by atoms with Gasteiger partial charge in [-0.05, 0) is 25.8 Å². The topological polar surface area (TPSA) is 21.3 Å². The Kier molecular flexibility index (Phi) is 6.78. The van der Waals surface area contributed by atoms with E-state index in [1.807, 2.05) is 18.2 Å². The van der Waals surface area contributed by atoms with Crippen molar-refractivity contribution in [3.8, 4) is 0 Å². The zero-order chi connectivity index (χ0) is 12.6. The Labute approximate surface area is 113 Å². The molecule has 3 heteroatoms. The van der Waals surface area contributed by atoms with E-state index in [0.717, 1.165) is 24.9 Å². The summed E-state index contributed by atoms with van der Waals surface area (Å²) in [4.78, 5) is 0. The van der Waals surface area contributed by atoms with Crippen LogP contribution in [0, 0.1) is 0 Å². The number of alkyl halides is 1. The van der Waals surface area contributed by atoms with E-state index in [2.05, 4.69) is 47.2 Å². The van der Waals surface area contributed by atoms with Crippen molar-refractivity contribution < 1.29 is 4.74 Å². The minimum absolute atomic E-state index is 0.180. The van der Waals surface area contributed by atoms with Crippen molar-refractivity contribution in [3.05, 3.63) is 35.9 Å². The number of halogens is 1. The Morgan fingerprint density at radius 2 is 1.94 bits per heavy atom. The Balaban J connectivity index is 2.09. The highest BCUT2D eigenvalue weighted by molar-refractivity contribution is 9.09. The molecule has 0 unspecified atom stereocenters. The van der Waals surface area contributed by atoms with Crippen LogP contribution in [0.25, 0.3) is 0 Å². The molecule has 0 saturated carbocycles. The minimum atomic E-state index is 0.180. The van der Waals surface area contributed by atoms with Crippen LogP contribution < -0.4 is 5.32 Å². The van der Waals surface area contributed by atoms with Gasteiger partial charge < -0.3 is 10.1 Å². The molecule has 2 nitrogen and oxygen atoms in total. The summed E-state index contributed by atoms with van der Waals surface area (Å²) < 4.78 is 5.62. The Morgan fingerprint density at radius 3 is 2.59 bits per heavy atom. The van der Waals surface area contributed by atoms with Crippen LogP contribution in [0.1, 0.15) is 25.8 Å². The molecule has 1 N–H and O–H groups in total. The van der Waals surface area contributed by atoms with E-state index in [9.17, 15) is 0 Å². The lowest BCUT2D eigenvalue weighted by Crippen LogP contribution is -2.41. The predicted octanol–water partition coefficient (Wildman–Crippen LogP) is 3.36. The highest BCUT2D eigenvalue weighted by Gasteiger charge is 2.14. The third-order valence-corrected chi connectivity index (χ3v) is 3.08. The van der Waals surface area contributed by atoms with Gasteiger partial charge in [-0.2, -0.15) is 0 Å². The maximum Gasteiger partial charge on any atom is 0.0717 e. The van der Waals surface area contributed by atoms with E-state index in [1.54, 1.807) is 0 Å². The lowest BCUT2D eigenvalue weighted by Gasteiger charge is -2.25. The molecular weight excluding hydrogens is 278 g/mol. The van der Waals surface area contributed by atoms with Gasteiger partial charge in [0.05, 0.1) is 13.2 Å². The molecular formula is C14H22BrNO. The zero-order valence-corrected chi connectivity index (χ0v) is 12.3. The second kappa shape index (κ2) is 7.85. The van der Waals surface area contributed by atoms with Gasteiger partial charge in [-0.3, -0.25) is 0 Å². The van der Waals surface area contributed by atoms with Crippen LogP contribution >= 0.6 is 15.9 Å². The average molecular weight is 300 g/mol. The maximum absolute atomic E-state index is 5.62. The standard InChI is InChI=1S/C14H22BrNO/c1-14(2,8-9-15)16-10-11-17-12-13-6-4-3-5-7-13/h3-7,16H,8-12H2,1-2H3. The molecule has 0 atom stereocenters. The van der Waals surface area contributed by atoms with Crippen LogP contribution in [0.2, 0.25) is 0 Å². The highest BCUT2D eigenvalue weighted by atomic mass is 79.9. The summed E-state index contributed by atoms with van der Waals surface area (Å²) in [6, 6.07) is 10.3. The molecule has 96 valence electrons. The van der Waals surface area contributed by atoms with Crippen LogP contribution in [0.15, 0.2) is 30.3 Å². The van der Waals surface area contributed by atoms with Crippen molar-refractivity contribution in [2.45, 2.75) is 32.4 Å². The molecule has 1 aromatic rings. The van der Waals surface area contributed by atoms with Crippen molar-refractivity contribution in [1.29, 1.82) is 0 Å². The average Bonchev–Trinajstić information content (AvgIpc) is 2.30. The second-order valence-corrected chi connectivity index (χ2v) is 5.58. The van der Waals surface area contributed by atoms with Gasteiger partial charge in [0.2, 0.25) is 0 Å². The van der Waals surface area contributed by atoms with Gasteiger partial charge in [-0.15, -0.1) is 0 Å². The summed E-state index contributed by atoms with van der Waals surface area (Å²) in [7, 11) is 0. The summed E-state index contributed by atoms with van der Waals surface area (Å²) in [5, 5.41) is 4.52. The number of benzene rings is 1. The minimum Gasteiger partial charge on any atom is -0.375 e. The normalized spacial score (nSPS) is 11.7. The van der Waals surface area contributed by atoms with Crippen LogP contribution in [0.3, 0.4) is 0 Å². The molecule has 1 rings (SSSR count). The Bertz CT molecular complexity index is 300. The van der Waals surface area contributed by atoms with Gasteiger partial charge in [-0.1, -0.05) is 46.3 Å². The van der Waals surface area contributed by atoms with E-state index in [-0.39, 0.29) is 5.54 Å². The van der Waals surface area contributed by atoms with E-state index in [0.29, 0.717) is 6.61 Å². The van der Waals surface area contributed by atoms with E-state index >= 15 is 0 Å². The predicted molar refractivity (Wildman–Crippen MR) is 76.6 cm³/mol. The Morgan fingerprint density at radius 1 is 1.24 bits per heavy atom. The summed E-state index contributed by atoms with van der Waals surface area (Å²) in [5.41, 5.74) is 1.41. The zero-order valence-electron chi connectivity index (χ0n) is 10.7. The van der Waals surface area contributed by atoms with E-state index in [4.69, 9.17) is 4.74 Å². The first-order valence-electron chi connectivity index (χ1n) is 6.07. The molecule has 17 heavy (non-hydrogen) atoms. The van der Waals surface area contributed by atoms with Crippen molar-refractivity contribution in [1.82, 2.24) is 5.32 Å². The van der Waals surface area contributed by atoms with Crippen LogP contribution in [0.4, 0.5) is 0 Å². The SMILES string of the molecule is CC(C)(CCBr)NCCOCc1ccccc1. The summed E-state index contributed by atoms with van der Waals surface area (Å²) in [5.74, 6) is 0. The van der Waals surface area contributed by atoms with E-state index in [1.165, 1.54) is 5.56 Å². The molecule has 0 aliphatic carbocycles. The van der Waals surface area contributed by atoms with Gasteiger partial charge in [0.1, 0.15) is 0 Å². The number of rotatable bonds is 8. The van der Waals surface area contributed by atoms with Crippen LogP contribution in [-0.4, -0.2) is 24.0 Å². The van der Waals surface area contributed by atoms with Crippen molar-refractivity contribution >= 4 is 15.9 Å². The van der Waals surface area contributed by atoms with Gasteiger partial charge in [0, 0.05) is 17.4 Å². The van der Waals surface area contributed by atoms with Crippen molar-refractivity contribution in [3.63, 3.8) is 0 Å². The number of nitrogens with one attached hydrogen (secondary N) is 1. The maximum atomic E-state index is 5.62. The molecule has 0 saturated heterocycles. The molecule has 0 radical (unpaired) electrons. The van der Waals surface area contributed by atoms with Crippen LogP contribution in [-0.2, 0) is 11.3 Å². The molecule has 0 fully saturated rings. The number of hydrogen-bond donors (Lipinski definition) is 1. The van der Waals surface area contributed by atoms with Gasteiger partial charge in [0.15, 0.2) is 0 Å². The number of hydrogen-bond acceptors (Lipinski definition) is 2. The quantitative estimate of drug-likeness (QED) is 0.587. The fourth-order valence-corrected chi connectivity index (χ4v) is 2.54. The highest BCUT2D eigenvalue weighted by Crippen LogP contribution is 2.09. The lowest BCUT2D eigenvalue weighted by atomic mass is 10.0. The summed E-state index contributed by atoms with van der Waals surface area (Å²) in [6.07, 6.45) is 1.12. The first kappa shape index (κ1) is 14.7. The van der Waals surface area contributed by atoms with Gasteiger partial charge >= 0.3 is 0 Å². The molecule has 0 aliphatic heterocycles. The molecule has 0 heterocycles. The van der Waals surface area contributed by atoms with Crippen molar-refractivity contribution in [2.24, 2.45) is 0 Å². The van der Waals surface area contributed by atoms with Crippen molar-refractivity contribution in [2.75, 3.05) is 18.5 Å². The molecule has 1 aromatic carbocycles. The van der Waals surface area contributed by atoms with Crippen LogP contribution in [0.5, 0.6) is 0 Å². The first-order valence-corrected chi connectivity index (χ1v) is 7.19. The summed E-state index contributed by atoms with van der Waals surface area (Å²) in [6.45, 7) is 6.77. The fourth-order valence-electron chi connectivity index (χ4n) is 1.55. The molecule has 0 amide bonds. The summed E-state index contributed by atoms with van der Waals surface area (Å²) >= 11 is 3.47.